The molecule has 0 aromatic carbocycles. The van der Waals surface area contributed by atoms with Gasteiger partial charge in [0.05, 0.1) is 12.0 Å². The zero-order valence-electron chi connectivity index (χ0n) is 8.07. The Morgan fingerprint density at radius 3 is 2.38 bits per heavy atom. The Labute approximate surface area is 78.7 Å². The van der Waals surface area contributed by atoms with Gasteiger partial charge in [0.2, 0.25) is 14.9 Å². The van der Waals surface area contributed by atoms with E-state index in [4.69, 9.17) is 4.42 Å². The van der Waals surface area contributed by atoms with E-state index >= 15 is 0 Å². The quantitative estimate of drug-likeness (QED) is 0.737. The van der Waals surface area contributed by atoms with Crippen LogP contribution in [0.1, 0.15) is 20.8 Å². The highest BCUT2D eigenvalue weighted by molar-refractivity contribution is 7.91. The molecule has 0 N–H and O–H groups in total. The first-order valence-electron chi connectivity index (χ1n) is 4.07. The average Bonchev–Trinajstić information content (AvgIpc) is 2.29. The Kier molecular flexibility index (Phi) is 2.52. The highest BCUT2D eigenvalue weighted by Crippen LogP contribution is 2.21. The van der Waals surface area contributed by atoms with Gasteiger partial charge in [-0.15, -0.1) is 0 Å². The molecular formula is C9H14O3S. The van der Waals surface area contributed by atoms with Crippen LogP contribution in [0.5, 0.6) is 0 Å². The predicted octanol–water partition coefficient (Wildman–Crippen LogP) is 2.10. The van der Waals surface area contributed by atoms with Crippen molar-refractivity contribution in [2.45, 2.75) is 25.9 Å². The molecule has 0 aliphatic heterocycles. The van der Waals surface area contributed by atoms with Gasteiger partial charge in [0.25, 0.3) is 0 Å². The van der Waals surface area contributed by atoms with Crippen LogP contribution >= 0.6 is 0 Å². The lowest BCUT2D eigenvalue weighted by Gasteiger charge is -2.16. The van der Waals surface area contributed by atoms with Crippen molar-refractivity contribution in [3.63, 3.8) is 0 Å². The molecule has 0 unspecified atom stereocenters. The van der Waals surface area contributed by atoms with E-state index in [1.165, 1.54) is 12.3 Å². The third kappa shape index (κ3) is 2.88. The predicted molar refractivity (Wildman–Crippen MR) is 50.2 cm³/mol. The highest BCUT2D eigenvalue weighted by atomic mass is 32.2. The lowest BCUT2D eigenvalue weighted by molar-refractivity contribution is 0.427. The SMILES string of the molecule is CC(C)(C)CS(=O)(=O)c1ccco1. The number of hydrogen-bond donors (Lipinski definition) is 0. The smallest absolute Gasteiger partial charge is 0.217 e. The summed E-state index contributed by atoms with van der Waals surface area (Å²) in [7, 11) is -3.24. The molecule has 0 atom stereocenters. The van der Waals surface area contributed by atoms with E-state index in [-0.39, 0.29) is 16.3 Å². The van der Waals surface area contributed by atoms with E-state index in [9.17, 15) is 8.42 Å². The average molecular weight is 202 g/mol. The summed E-state index contributed by atoms with van der Waals surface area (Å²) in [5, 5.41) is 0.0578. The van der Waals surface area contributed by atoms with Crippen molar-refractivity contribution in [3.8, 4) is 0 Å². The minimum atomic E-state index is -3.24. The van der Waals surface area contributed by atoms with Crippen molar-refractivity contribution in [1.29, 1.82) is 0 Å². The molecular weight excluding hydrogens is 188 g/mol. The van der Waals surface area contributed by atoms with E-state index in [0.29, 0.717) is 0 Å². The maximum Gasteiger partial charge on any atom is 0.217 e. The molecule has 0 amide bonds. The Balaban J connectivity index is 2.93. The second kappa shape index (κ2) is 3.18. The van der Waals surface area contributed by atoms with Crippen molar-refractivity contribution in [2.75, 3.05) is 5.75 Å². The van der Waals surface area contributed by atoms with E-state index < -0.39 is 9.84 Å². The second-order valence-corrected chi connectivity index (χ2v) is 6.17. The fraction of sp³-hybridized carbons (Fsp3) is 0.556. The van der Waals surface area contributed by atoms with Gasteiger partial charge in [0.1, 0.15) is 0 Å². The molecule has 0 aliphatic carbocycles. The first-order valence-corrected chi connectivity index (χ1v) is 5.73. The normalized spacial score (nSPS) is 13.2. The third-order valence-electron chi connectivity index (χ3n) is 1.42. The van der Waals surface area contributed by atoms with Crippen molar-refractivity contribution in [3.05, 3.63) is 18.4 Å². The zero-order valence-corrected chi connectivity index (χ0v) is 8.89. The molecule has 13 heavy (non-hydrogen) atoms. The third-order valence-corrected chi connectivity index (χ3v) is 3.52. The Morgan fingerprint density at radius 1 is 1.38 bits per heavy atom. The van der Waals surface area contributed by atoms with Gasteiger partial charge in [-0.05, 0) is 17.5 Å². The summed E-state index contributed by atoms with van der Waals surface area (Å²) in [4.78, 5) is 0. The minimum absolute atomic E-state index is 0.0578. The monoisotopic (exact) mass is 202 g/mol. The van der Waals surface area contributed by atoms with Gasteiger partial charge in [-0.2, -0.15) is 0 Å². The van der Waals surface area contributed by atoms with Crippen LogP contribution in [0.25, 0.3) is 0 Å². The maximum absolute atomic E-state index is 11.6. The van der Waals surface area contributed by atoms with Crippen LogP contribution in [0, 0.1) is 5.41 Å². The van der Waals surface area contributed by atoms with Crippen LogP contribution in [0.15, 0.2) is 27.9 Å². The van der Waals surface area contributed by atoms with Gasteiger partial charge in [0.15, 0.2) is 0 Å². The molecule has 1 aromatic rings. The molecule has 0 aliphatic rings. The Hall–Kier alpha value is -0.770. The van der Waals surface area contributed by atoms with Crippen LogP contribution in [0.2, 0.25) is 0 Å². The van der Waals surface area contributed by atoms with Crippen molar-refractivity contribution in [2.24, 2.45) is 5.41 Å². The summed E-state index contributed by atoms with van der Waals surface area (Å²) >= 11 is 0. The van der Waals surface area contributed by atoms with Gasteiger partial charge in [-0.3, -0.25) is 0 Å². The summed E-state index contributed by atoms with van der Waals surface area (Å²) < 4.78 is 28.1. The summed E-state index contributed by atoms with van der Waals surface area (Å²) in [6.07, 6.45) is 1.37. The molecule has 1 rings (SSSR count). The number of furan rings is 1. The Morgan fingerprint density at radius 2 is 2.00 bits per heavy atom. The number of sulfone groups is 1. The van der Waals surface area contributed by atoms with Crippen LogP contribution in [0.3, 0.4) is 0 Å². The summed E-state index contributed by atoms with van der Waals surface area (Å²) in [5.74, 6) is 0.105. The fourth-order valence-corrected chi connectivity index (χ4v) is 2.85. The van der Waals surface area contributed by atoms with E-state index in [0.717, 1.165) is 0 Å². The molecule has 0 saturated carbocycles. The van der Waals surface area contributed by atoms with Crippen molar-refractivity contribution < 1.29 is 12.8 Å². The van der Waals surface area contributed by atoms with Gasteiger partial charge in [-0.1, -0.05) is 20.8 Å². The molecule has 74 valence electrons. The molecule has 0 radical (unpaired) electrons. The lowest BCUT2D eigenvalue weighted by Crippen LogP contribution is -2.20. The largest absolute Gasteiger partial charge is 0.453 e. The summed E-state index contributed by atoms with van der Waals surface area (Å²) in [6, 6.07) is 3.05. The van der Waals surface area contributed by atoms with Crippen LogP contribution in [-0.4, -0.2) is 14.2 Å². The number of hydrogen-bond acceptors (Lipinski definition) is 3. The molecule has 4 heteroatoms. The standard InChI is InChI=1S/C9H14O3S/c1-9(2,3)7-13(10,11)8-5-4-6-12-8/h4-6H,7H2,1-3H3. The van der Waals surface area contributed by atoms with Crippen LogP contribution in [0.4, 0.5) is 0 Å². The fourth-order valence-electron chi connectivity index (χ4n) is 1.08. The molecule has 1 aromatic heterocycles. The molecule has 0 fully saturated rings. The number of rotatable bonds is 2. The maximum atomic E-state index is 11.6. The second-order valence-electron chi connectivity index (χ2n) is 4.25. The minimum Gasteiger partial charge on any atom is -0.453 e. The topological polar surface area (TPSA) is 47.3 Å². The van der Waals surface area contributed by atoms with Crippen molar-refractivity contribution in [1.82, 2.24) is 0 Å². The first-order chi connectivity index (χ1) is 5.81. The molecule has 0 saturated heterocycles. The molecule has 3 nitrogen and oxygen atoms in total. The van der Waals surface area contributed by atoms with Gasteiger partial charge < -0.3 is 4.42 Å². The van der Waals surface area contributed by atoms with Crippen molar-refractivity contribution >= 4 is 9.84 Å². The van der Waals surface area contributed by atoms with Crippen LogP contribution in [-0.2, 0) is 9.84 Å². The summed E-state index contributed by atoms with van der Waals surface area (Å²) in [6.45, 7) is 5.65. The van der Waals surface area contributed by atoms with Gasteiger partial charge in [0, 0.05) is 0 Å². The van der Waals surface area contributed by atoms with E-state index in [1.807, 2.05) is 20.8 Å². The zero-order chi connectivity index (χ0) is 10.1. The molecule has 0 bridgehead atoms. The Bertz CT molecular complexity index is 354. The molecule has 1 heterocycles. The van der Waals surface area contributed by atoms with E-state index in [1.54, 1.807) is 6.07 Å². The molecule has 0 spiro atoms. The first kappa shape index (κ1) is 10.3. The summed E-state index contributed by atoms with van der Waals surface area (Å²) in [5.41, 5.74) is -0.244. The van der Waals surface area contributed by atoms with Crippen LogP contribution < -0.4 is 0 Å². The van der Waals surface area contributed by atoms with Gasteiger partial charge in [-0.25, -0.2) is 8.42 Å². The lowest BCUT2D eigenvalue weighted by atomic mass is 10.0. The van der Waals surface area contributed by atoms with Gasteiger partial charge >= 0.3 is 0 Å². The van der Waals surface area contributed by atoms with E-state index in [2.05, 4.69) is 0 Å². The highest BCUT2D eigenvalue weighted by Gasteiger charge is 2.25.